The van der Waals surface area contributed by atoms with Gasteiger partial charge in [-0.25, -0.2) is 9.97 Å². The molecular formula is C10H13ClF3N3O2. The molecule has 0 radical (unpaired) electrons. The van der Waals surface area contributed by atoms with E-state index in [0.29, 0.717) is 6.07 Å². The SMILES string of the molecule is CCC(CO)(CO)Nc1cc(C(F)(F)F)nc(Cl)n1. The Morgan fingerprint density at radius 2 is 1.84 bits per heavy atom. The van der Waals surface area contributed by atoms with Gasteiger partial charge >= 0.3 is 6.18 Å². The topological polar surface area (TPSA) is 78.3 Å². The molecule has 3 N–H and O–H groups in total. The zero-order chi connectivity index (χ0) is 14.7. The maximum absolute atomic E-state index is 12.6. The molecule has 0 unspecified atom stereocenters. The highest BCUT2D eigenvalue weighted by atomic mass is 35.5. The number of hydrogen-bond donors (Lipinski definition) is 3. The summed E-state index contributed by atoms with van der Waals surface area (Å²) in [6.45, 7) is 0.721. The van der Waals surface area contributed by atoms with Crippen LogP contribution >= 0.6 is 11.6 Å². The monoisotopic (exact) mass is 299 g/mol. The molecule has 0 aliphatic rings. The summed E-state index contributed by atoms with van der Waals surface area (Å²) in [6.07, 6.45) is -4.38. The smallest absolute Gasteiger partial charge is 0.394 e. The van der Waals surface area contributed by atoms with Gasteiger partial charge in [-0.2, -0.15) is 13.2 Å². The minimum atomic E-state index is -4.66. The summed E-state index contributed by atoms with van der Waals surface area (Å²) in [4.78, 5) is 6.67. The minimum absolute atomic E-state index is 0.211. The second kappa shape index (κ2) is 5.89. The Balaban J connectivity index is 3.11. The number of halogens is 4. The number of aliphatic hydroxyl groups is 2. The third-order valence-corrected chi connectivity index (χ3v) is 2.83. The van der Waals surface area contributed by atoms with Crippen LogP contribution < -0.4 is 5.32 Å². The fourth-order valence-electron chi connectivity index (χ4n) is 1.34. The molecule has 108 valence electrons. The second-order valence-electron chi connectivity index (χ2n) is 3.98. The molecule has 1 aromatic heterocycles. The van der Waals surface area contributed by atoms with Crippen LogP contribution in [0.1, 0.15) is 19.0 Å². The van der Waals surface area contributed by atoms with Crippen LogP contribution in [0.3, 0.4) is 0 Å². The van der Waals surface area contributed by atoms with Crippen LogP contribution in [0.15, 0.2) is 6.07 Å². The number of nitrogens with zero attached hydrogens (tertiary/aromatic N) is 2. The van der Waals surface area contributed by atoms with Crippen molar-refractivity contribution in [2.45, 2.75) is 25.1 Å². The molecule has 0 bridgehead atoms. The lowest BCUT2D eigenvalue weighted by molar-refractivity contribution is -0.141. The number of hydrogen-bond acceptors (Lipinski definition) is 5. The van der Waals surface area contributed by atoms with Gasteiger partial charge in [-0.05, 0) is 18.0 Å². The molecule has 19 heavy (non-hydrogen) atoms. The van der Waals surface area contributed by atoms with Crippen LogP contribution in [0.25, 0.3) is 0 Å². The molecule has 5 nitrogen and oxygen atoms in total. The molecule has 1 heterocycles. The molecule has 0 aliphatic carbocycles. The lowest BCUT2D eigenvalue weighted by atomic mass is 9.98. The molecule has 0 amide bonds. The molecule has 1 rings (SSSR count). The molecule has 0 saturated carbocycles. The van der Waals surface area contributed by atoms with Crippen molar-refractivity contribution in [3.8, 4) is 0 Å². The van der Waals surface area contributed by atoms with Gasteiger partial charge in [-0.15, -0.1) is 0 Å². The van der Waals surface area contributed by atoms with Gasteiger partial charge in [0.1, 0.15) is 5.82 Å². The Hall–Kier alpha value is -1.12. The largest absolute Gasteiger partial charge is 0.433 e. The number of aliphatic hydroxyl groups excluding tert-OH is 2. The highest BCUT2D eigenvalue weighted by Crippen LogP contribution is 2.30. The molecule has 0 atom stereocenters. The number of alkyl halides is 3. The molecular weight excluding hydrogens is 287 g/mol. The van der Waals surface area contributed by atoms with Crippen LogP contribution in [-0.4, -0.2) is 38.9 Å². The van der Waals surface area contributed by atoms with E-state index in [1.165, 1.54) is 0 Å². The highest BCUT2D eigenvalue weighted by Gasteiger charge is 2.34. The predicted octanol–water partition coefficient (Wildman–Crippen LogP) is 1.69. The summed E-state index contributed by atoms with van der Waals surface area (Å²) in [6, 6.07) is 0.668. The van der Waals surface area contributed by atoms with Crippen LogP contribution in [0.4, 0.5) is 19.0 Å². The van der Waals surface area contributed by atoms with E-state index in [1.54, 1.807) is 6.92 Å². The van der Waals surface area contributed by atoms with Gasteiger partial charge in [0.25, 0.3) is 0 Å². The van der Waals surface area contributed by atoms with E-state index in [9.17, 15) is 23.4 Å². The molecule has 0 aromatic carbocycles. The standard InChI is InChI=1S/C10H13ClF3N3O2/c1-2-9(4-18,5-19)17-7-3-6(10(12,13)14)15-8(11)16-7/h3,18-19H,2,4-5H2,1H3,(H,15,16,17). The van der Waals surface area contributed by atoms with Crippen molar-refractivity contribution in [3.05, 3.63) is 17.0 Å². The van der Waals surface area contributed by atoms with Crippen molar-refractivity contribution in [2.24, 2.45) is 0 Å². The van der Waals surface area contributed by atoms with Gasteiger partial charge < -0.3 is 15.5 Å². The third-order valence-electron chi connectivity index (χ3n) is 2.66. The first-order chi connectivity index (χ1) is 8.76. The summed E-state index contributed by atoms with van der Waals surface area (Å²) in [7, 11) is 0. The lowest BCUT2D eigenvalue weighted by Gasteiger charge is -2.30. The van der Waals surface area contributed by atoms with Gasteiger partial charge in [0.15, 0.2) is 5.69 Å². The van der Waals surface area contributed by atoms with Crippen molar-refractivity contribution >= 4 is 17.4 Å². The van der Waals surface area contributed by atoms with Crippen molar-refractivity contribution in [1.29, 1.82) is 0 Å². The second-order valence-corrected chi connectivity index (χ2v) is 4.32. The van der Waals surface area contributed by atoms with Crippen LogP contribution in [-0.2, 0) is 6.18 Å². The van der Waals surface area contributed by atoms with Crippen molar-refractivity contribution in [3.63, 3.8) is 0 Å². The summed E-state index contributed by atoms with van der Waals surface area (Å²) in [5, 5.41) is 20.4. The fourth-order valence-corrected chi connectivity index (χ4v) is 1.52. The van der Waals surface area contributed by atoms with E-state index >= 15 is 0 Å². The molecule has 0 saturated heterocycles. The molecule has 0 aliphatic heterocycles. The molecule has 0 spiro atoms. The van der Waals surface area contributed by atoms with E-state index in [2.05, 4.69) is 15.3 Å². The average molecular weight is 300 g/mol. The summed E-state index contributed by atoms with van der Waals surface area (Å²) in [5.74, 6) is -0.211. The van der Waals surface area contributed by atoms with E-state index in [-0.39, 0.29) is 12.2 Å². The normalized spacial score (nSPS) is 12.6. The van der Waals surface area contributed by atoms with Gasteiger partial charge in [0, 0.05) is 6.07 Å². The maximum Gasteiger partial charge on any atom is 0.433 e. The van der Waals surface area contributed by atoms with E-state index in [1.807, 2.05) is 0 Å². The Kier molecular flexibility index (Phi) is 4.94. The third kappa shape index (κ3) is 3.92. The Bertz CT molecular complexity index is 430. The van der Waals surface area contributed by atoms with Gasteiger partial charge in [-0.1, -0.05) is 6.92 Å². The quantitative estimate of drug-likeness (QED) is 0.721. The molecule has 1 aromatic rings. The van der Waals surface area contributed by atoms with Gasteiger partial charge in [-0.3, -0.25) is 0 Å². The number of aromatic nitrogens is 2. The van der Waals surface area contributed by atoms with Gasteiger partial charge in [0.05, 0.1) is 18.8 Å². The summed E-state index contributed by atoms with van der Waals surface area (Å²) in [5.41, 5.74) is -2.36. The Morgan fingerprint density at radius 3 is 2.26 bits per heavy atom. The average Bonchev–Trinajstić information content (AvgIpc) is 2.34. The van der Waals surface area contributed by atoms with Crippen molar-refractivity contribution < 1.29 is 23.4 Å². The predicted molar refractivity (Wildman–Crippen MR) is 62.9 cm³/mol. The van der Waals surface area contributed by atoms with E-state index in [4.69, 9.17) is 11.6 Å². The minimum Gasteiger partial charge on any atom is -0.394 e. The van der Waals surface area contributed by atoms with Crippen molar-refractivity contribution in [1.82, 2.24) is 9.97 Å². The summed E-state index contributed by atoms with van der Waals surface area (Å²) >= 11 is 5.43. The lowest BCUT2D eigenvalue weighted by Crippen LogP contribution is -2.45. The van der Waals surface area contributed by atoms with E-state index < -0.39 is 35.9 Å². The number of rotatable bonds is 5. The first-order valence-corrected chi connectivity index (χ1v) is 5.76. The highest BCUT2D eigenvalue weighted by molar-refractivity contribution is 6.28. The van der Waals surface area contributed by atoms with E-state index in [0.717, 1.165) is 0 Å². The van der Waals surface area contributed by atoms with Crippen LogP contribution in [0.5, 0.6) is 0 Å². The first kappa shape index (κ1) is 15.9. The van der Waals surface area contributed by atoms with Crippen LogP contribution in [0, 0.1) is 0 Å². The van der Waals surface area contributed by atoms with Crippen LogP contribution in [0.2, 0.25) is 5.28 Å². The van der Waals surface area contributed by atoms with Gasteiger partial charge in [0.2, 0.25) is 5.28 Å². The Morgan fingerprint density at radius 1 is 1.26 bits per heavy atom. The molecule has 9 heteroatoms. The first-order valence-electron chi connectivity index (χ1n) is 5.38. The fraction of sp³-hybridized carbons (Fsp3) is 0.600. The summed E-state index contributed by atoms with van der Waals surface area (Å²) < 4.78 is 37.7. The zero-order valence-electron chi connectivity index (χ0n) is 10.00. The Labute approximate surface area is 112 Å². The maximum atomic E-state index is 12.6. The molecule has 0 fully saturated rings. The van der Waals surface area contributed by atoms with Crippen molar-refractivity contribution in [2.75, 3.05) is 18.5 Å². The number of anilines is 1. The zero-order valence-corrected chi connectivity index (χ0v) is 10.8. The number of nitrogens with one attached hydrogen (secondary N) is 1.